The molecule has 88 valence electrons. The standard InChI is InChI=1S/C14H17N3/c1-10(15)11-2-4-12(5-3-11)14-8-16-9-17(14)13-6-7-13/h2-5,8-10,13H,6-7,15H2,1H3. The molecule has 1 aliphatic rings. The molecule has 1 aromatic heterocycles. The third-order valence-corrected chi connectivity index (χ3v) is 3.34. The lowest BCUT2D eigenvalue weighted by atomic mass is 10.1. The van der Waals surface area contributed by atoms with Crippen molar-refractivity contribution < 1.29 is 0 Å². The molecule has 1 aliphatic carbocycles. The van der Waals surface area contributed by atoms with E-state index in [-0.39, 0.29) is 6.04 Å². The van der Waals surface area contributed by atoms with E-state index in [1.165, 1.54) is 29.7 Å². The Morgan fingerprint density at radius 1 is 1.29 bits per heavy atom. The van der Waals surface area contributed by atoms with Crippen molar-refractivity contribution in [3.05, 3.63) is 42.4 Å². The maximum atomic E-state index is 5.85. The first-order valence-electron chi connectivity index (χ1n) is 6.13. The number of benzene rings is 1. The third-order valence-electron chi connectivity index (χ3n) is 3.34. The fourth-order valence-electron chi connectivity index (χ4n) is 2.13. The van der Waals surface area contributed by atoms with Gasteiger partial charge in [0.05, 0.1) is 18.2 Å². The predicted molar refractivity (Wildman–Crippen MR) is 68.5 cm³/mol. The largest absolute Gasteiger partial charge is 0.328 e. The first-order chi connectivity index (χ1) is 8.25. The van der Waals surface area contributed by atoms with Crippen LogP contribution in [0.25, 0.3) is 11.3 Å². The van der Waals surface area contributed by atoms with E-state index in [1.807, 2.05) is 19.4 Å². The van der Waals surface area contributed by atoms with Gasteiger partial charge in [0.25, 0.3) is 0 Å². The number of nitrogens with zero attached hydrogens (tertiary/aromatic N) is 2. The number of aromatic nitrogens is 2. The van der Waals surface area contributed by atoms with Crippen molar-refractivity contribution in [2.45, 2.75) is 31.8 Å². The topological polar surface area (TPSA) is 43.8 Å². The van der Waals surface area contributed by atoms with Crippen LogP contribution in [0.4, 0.5) is 0 Å². The van der Waals surface area contributed by atoms with Crippen LogP contribution >= 0.6 is 0 Å². The van der Waals surface area contributed by atoms with Gasteiger partial charge in [0.15, 0.2) is 0 Å². The Morgan fingerprint density at radius 2 is 2.00 bits per heavy atom. The van der Waals surface area contributed by atoms with Crippen LogP contribution in [0.3, 0.4) is 0 Å². The maximum absolute atomic E-state index is 5.85. The summed E-state index contributed by atoms with van der Waals surface area (Å²) in [4.78, 5) is 4.26. The Labute approximate surface area is 101 Å². The van der Waals surface area contributed by atoms with E-state index in [0.717, 1.165) is 0 Å². The van der Waals surface area contributed by atoms with Gasteiger partial charge in [-0.2, -0.15) is 0 Å². The van der Waals surface area contributed by atoms with Crippen molar-refractivity contribution in [1.29, 1.82) is 0 Å². The first kappa shape index (κ1) is 10.5. The van der Waals surface area contributed by atoms with Gasteiger partial charge in [-0.25, -0.2) is 4.98 Å². The van der Waals surface area contributed by atoms with Crippen LogP contribution in [-0.2, 0) is 0 Å². The SMILES string of the molecule is CC(N)c1ccc(-c2cncn2C2CC2)cc1. The molecule has 2 aromatic rings. The lowest BCUT2D eigenvalue weighted by Gasteiger charge is -2.09. The molecular formula is C14H17N3. The van der Waals surface area contributed by atoms with Crippen LogP contribution in [0.15, 0.2) is 36.8 Å². The molecule has 1 saturated carbocycles. The molecule has 0 bridgehead atoms. The van der Waals surface area contributed by atoms with Crippen molar-refractivity contribution in [2.24, 2.45) is 5.73 Å². The second kappa shape index (κ2) is 4.00. The van der Waals surface area contributed by atoms with Gasteiger partial charge in [-0.3, -0.25) is 0 Å². The summed E-state index contributed by atoms with van der Waals surface area (Å²) in [6.45, 7) is 2.00. The highest BCUT2D eigenvalue weighted by Crippen LogP contribution is 2.38. The molecule has 0 spiro atoms. The average Bonchev–Trinajstić information content (AvgIpc) is 3.07. The van der Waals surface area contributed by atoms with E-state index in [2.05, 4.69) is 33.8 Å². The Morgan fingerprint density at radius 3 is 2.59 bits per heavy atom. The molecule has 0 amide bonds. The average molecular weight is 227 g/mol. The molecule has 1 heterocycles. The zero-order valence-electron chi connectivity index (χ0n) is 10.0. The van der Waals surface area contributed by atoms with Crippen molar-refractivity contribution >= 4 is 0 Å². The molecule has 0 radical (unpaired) electrons. The smallest absolute Gasteiger partial charge is 0.0953 e. The van der Waals surface area contributed by atoms with E-state index in [4.69, 9.17) is 5.73 Å². The van der Waals surface area contributed by atoms with Crippen molar-refractivity contribution in [3.63, 3.8) is 0 Å². The Hall–Kier alpha value is -1.61. The summed E-state index contributed by atoms with van der Waals surface area (Å²) in [6, 6.07) is 9.23. The highest BCUT2D eigenvalue weighted by molar-refractivity contribution is 5.59. The first-order valence-corrected chi connectivity index (χ1v) is 6.13. The molecule has 3 rings (SSSR count). The van der Waals surface area contributed by atoms with Gasteiger partial charge >= 0.3 is 0 Å². The van der Waals surface area contributed by atoms with Gasteiger partial charge < -0.3 is 10.3 Å². The molecule has 1 unspecified atom stereocenters. The fraction of sp³-hybridized carbons (Fsp3) is 0.357. The summed E-state index contributed by atoms with van der Waals surface area (Å²) in [5, 5.41) is 0. The number of hydrogen-bond donors (Lipinski definition) is 1. The molecule has 17 heavy (non-hydrogen) atoms. The molecule has 0 saturated heterocycles. The van der Waals surface area contributed by atoms with E-state index in [1.54, 1.807) is 0 Å². The number of hydrogen-bond acceptors (Lipinski definition) is 2. The van der Waals surface area contributed by atoms with Gasteiger partial charge in [0.1, 0.15) is 0 Å². The zero-order valence-corrected chi connectivity index (χ0v) is 10.0. The molecule has 3 heteroatoms. The lowest BCUT2D eigenvalue weighted by Crippen LogP contribution is -2.04. The molecule has 1 fully saturated rings. The van der Waals surface area contributed by atoms with Gasteiger partial charge in [0, 0.05) is 12.1 Å². The third kappa shape index (κ3) is 1.98. The van der Waals surface area contributed by atoms with Gasteiger partial charge in [-0.1, -0.05) is 24.3 Å². The van der Waals surface area contributed by atoms with E-state index < -0.39 is 0 Å². The summed E-state index contributed by atoms with van der Waals surface area (Å²) < 4.78 is 2.28. The molecule has 1 atom stereocenters. The number of rotatable bonds is 3. The van der Waals surface area contributed by atoms with E-state index >= 15 is 0 Å². The minimum Gasteiger partial charge on any atom is -0.328 e. The van der Waals surface area contributed by atoms with Gasteiger partial charge in [-0.05, 0) is 30.9 Å². The van der Waals surface area contributed by atoms with Crippen LogP contribution in [0, 0.1) is 0 Å². The Balaban J connectivity index is 1.95. The van der Waals surface area contributed by atoms with Crippen LogP contribution in [0.5, 0.6) is 0 Å². The summed E-state index contributed by atoms with van der Waals surface area (Å²) >= 11 is 0. The monoisotopic (exact) mass is 227 g/mol. The summed E-state index contributed by atoms with van der Waals surface area (Å²) in [5.74, 6) is 0. The van der Waals surface area contributed by atoms with Crippen LogP contribution in [-0.4, -0.2) is 9.55 Å². The number of nitrogens with two attached hydrogens (primary N) is 1. The fourth-order valence-corrected chi connectivity index (χ4v) is 2.13. The van der Waals surface area contributed by atoms with Crippen molar-refractivity contribution in [3.8, 4) is 11.3 Å². The molecule has 2 N–H and O–H groups in total. The van der Waals surface area contributed by atoms with E-state index in [0.29, 0.717) is 6.04 Å². The highest BCUT2D eigenvalue weighted by Gasteiger charge is 2.25. The minimum absolute atomic E-state index is 0.0948. The molecular weight excluding hydrogens is 210 g/mol. The van der Waals surface area contributed by atoms with Crippen molar-refractivity contribution in [1.82, 2.24) is 9.55 Å². The van der Waals surface area contributed by atoms with Crippen LogP contribution in [0.2, 0.25) is 0 Å². The molecule has 1 aromatic carbocycles. The Bertz CT molecular complexity index is 507. The summed E-state index contributed by atoms with van der Waals surface area (Å²) in [5.41, 5.74) is 9.46. The normalized spacial score (nSPS) is 17.1. The predicted octanol–water partition coefficient (Wildman–Crippen LogP) is 2.90. The van der Waals surface area contributed by atoms with Crippen molar-refractivity contribution in [2.75, 3.05) is 0 Å². The molecule has 0 aliphatic heterocycles. The second-order valence-electron chi connectivity index (χ2n) is 4.83. The summed E-state index contributed by atoms with van der Waals surface area (Å²) in [7, 11) is 0. The molecule has 3 nitrogen and oxygen atoms in total. The zero-order chi connectivity index (χ0) is 11.8. The maximum Gasteiger partial charge on any atom is 0.0953 e. The van der Waals surface area contributed by atoms with Gasteiger partial charge in [-0.15, -0.1) is 0 Å². The summed E-state index contributed by atoms with van der Waals surface area (Å²) in [6.07, 6.45) is 6.44. The van der Waals surface area contributed by atoms with Gasteiger partial charge in [0.2, 0.25) is 0 Å². The van der Waals surface area contributed by atoms with Crippen LogP contribution < -0.4 is 5.73 Å². The second-order valence-corrected chi connectivity index (χ2v) is 4.83. The number of imidazole rings is 1. The quantitative estimate of drug-likeness (QED) is 0.876. The highest BCUT2D eigenvalue weighted by atomic mass is 15.1. The van der Waals surface area contributed by atoms with E-state index in [9.17, 15) is 0 Å². The van der Waals surface area contributed by atoms with Crippen LogP contribution in [0.1, 0.15) is 37.4 Å². The Kier molecular flexibility index (Phi) is 2.48. The minimum atomic E-state index is 0.0948. The lowest BCUT2D eigenvalue weighted by molar-refractivity contribution is 0.747.